The highest BCUT2D eigenvalue weighted by atomic mass is 19.4. The molecule has 0 saturated heterocycles. The Labute approximate surface area is 117 Å². The Morgan fingerprint density at radius 1 is 0.952 bits per heavy atom. The SMILES string of the molecule is O=Nc1ccc2oc(-c3ccc(C(F)(F)F)cc3)cc2c1. The van der Waals surface area contributed by atoms with Crippen molar-refractivity contribution in [3.8, 4) is 11.3 Å². The van der Waals surface area contributed by atoms with E-state index in [9.17, 15) is 18.1 Å². The molecule has 6 heteroatoms. The van der Waals surface area contributed by atoms with Gasteiger partial charge in [-0.05, 0) is 41.6 Å². The molecular formula is C15H8F3NO2. The molecule has 0 N–H and O–H groups in total. The predicted octanol–water partition coefficient (Wildman–Crippen LogP) is 5.52. The molecule has 0 bridgehead atoms. The molecule has 0 aliphatic rings. The summed E-state index contributed by atoms with van der Waals surface area (Å²) in [6.45, 7) is 0. The number of nitroso groups, excluding NO2 is 1. The van der Waals surface area contributed by atoms with Crippen molar-refractivity contribution in [2.45, 2.75) is 6.18 Å². The van der Waals surface area contributed by atoms with Crippen LogP contribution in [0, 0.1) is 4.91 Å². The molecule has 0 saturated carbocycles. The van der Waals surface area contributed by atoms with Crippen molar-refractivity contribution in [3.05, 3.63) is 59.0 Å². The van der Waals surface area contributed by atoms with Crippen LogP contribution in [0.1, 0.15) is 5.56 Å². The number of hydrogen-bond donors (Lipinski definition) is 0. The lowest BCUT2D eigenvalue weighted by atomic mass is 10.1. The number of benzene rings is 2. The topological polar surface area (TPSA) is 42.6 Å². The Hall–Kier alpha value is -2.63. The van der Waals surface area contributed by atoms with Gasteiger partial charge in [-0.1, -0.05) is 12.1 Å². The van der Waals surface area contributed by atoms with Gasteiger partial charge in [0.2, 0.25) is 0 Å². The number of fused-ring (bicyclic) bond motifs is 1. The molecule has 0 aliphatic carbocycles. The van der Waals surface area contributed by atoms with Crippen molar-refractivity contribution in [1.82, 2.24) is 0 Å². The van der Waals surface area contributed by atoms with E-state index in [-0.39, 0.29) is 5.69 Å². The average Bonchev–Trinajstić information content (AvgIpc) is 2.89. The van der Waals surface area contributed by atoms with Gasteiger partial charge in [-0.3, -0.25) is 0 Å². The third-order valence-electron chi connectivity index (χ3n) is 3.10. The van der Waals surface area contributed by atoms with E-state index in [1.54, 1.807) is 18.2 Å². The molecule has 1 aromatic heterocycles. The highest BCUT2D eigenvalue weighted by molar-refractivity contribution is 5.85. The van der Waals surface area contributed by atoms with Crippen LogP contribution in [0.25, 0.3) is 22.3 Å². The molecule has 0 radical (unpaired) electrons. The van der Waals surface area contributed by atoms with Crippen LogP contribution in [0.2, 0.25) is 0 Å². The minimum atomic E-state index is -4.36. The first kappa shape index (κ1) is 13.4. The van der Waals surface area contributed by atoms with Gasteiger partial charge in [0.1, 0.15) is 17.0 Å². The third kappa shape index (κ3) is 2.52. The number of rotatable bonds is 2. The summed E-state index contributed by atoms with van der Waals surface area (Å²) < 4.78 is 43.1. The number of nitrogens with zero attached hydrogens (tertiary/aromatic N) is 1. The van der Waals surface area contributed by atoms with Crippen LogP contribution in [0.4, 0.5) is 18.9 Å². The largest absolute Gasteiger partial charge is 0.456 e. The summed E-state index contributed by atoms with van der Waals surface area (Å²) in [4.78, 5) is 10.5. The van der Waals surface area contributed by atoms with Crippen molar-refractivity contribution in [2.24, 2.45) is 5.18 Å². The van der Waals surface area contributed by atoms with Crippen LogP contribution >= 0.6 is 0 Å². The minimum absolute atomic E-state index is 0.266. The molecule has 1 heterocycles. The van der Waals surface area contributed by atoms with Gasteiger partial charge in [-0.25, -0.2) is 0 Å². The van der Waals surface area contributed by atoms with Crippen molar-refractivity contribution in [3.63, 3.8) is 0 Å². The fourth-order valence-electron chi connectivity index (χ4n) is 2.05. The smallest absolute Gasteiger partial charge is 0.416 e. The minimum Gasteiger partial charge on any atom is -0.456 e. The van der Waals surface area contributed by atoms with Crippen LogP contribution in [-0.4, -0.2) is 0 Å². The van der Waals surface area contributed by atoms with Crippen LogP contribution in [-0.2, 0) is 6.18 Å². The van der Waals surface area contributed by atoms with Gasteiger partial charge < -0.3 is 4.42 Å². The highest BCUT2D eigenvalue weighted by Gasteiger charge is 2.30. The Morgan fingerprint density at radius 3 is 2.29 bits per heavy atom. The van der Waals surface area contributed by atoms with E-state index in [0.29, 0.717) is 22.3 Å². The summed E-state index contributed by atoms with van der Waals surface area (Å²) >= 11 is 0. The molecule has 0 spiro atoms. The molecule has 3 nitrogen and oxygen atoms in total. The van der Waals surface area contributed by atoms with Gasteiger partial charge in [-0.2, -0.15) is 13.2 Å². The molecule has 106 valence electrons. The second-order valence-electron chi connectivity index (χ2n) is 4.50. The van der Waals surface area contributed by atoms with Gasteiger partial charge in [0.25, 0.3) is 0 Å². The van der Waals surface area contributed by atoms with Crippen molar-refractivity contribution < 1.29 is 17.6 Å². The number of furan rings is 1. The molecule has 0 aliphatic heterocycles. The van der Waals surface area contributed by atoms with E-state index in [1.165, 1.54) is 18.2 Å². The first-order chi connectivity index (χ1) is 9.97. The molecular weight excluding hydrogens is 283 g/mol. The number of hydrogen-bond acceptors (Lipinski definition) is 3. The zero-order valence-electron chi connectivity index (χ0n) is 10.5. The van der Waals surface area contributed by atoms with Crippen LogP contribution in [0.15, 0.2) is 58.1 Å². The zero-order valence-corrected chi connectivity index (χ0v) is 10.5. The molecule has 3 rings (SSSR count). The standard InChI is InChI=1S/C15H8F3NO2/c16-15(17,18)11-3-1-9(2-4-11)14-8-10-7-12(19-20)5-6-13(10)21-14/h1-8H. The Bertz CT molecular complexity index is 804. The molecule has 2 aromatic carbocycles. The van der Waals surface area contributed by atoms with Crippen molar-refractivity contribution >= 4 is 16.7 Å². The van der Waals surface area contributed by atoms with E-state index in [1.807, 2.05) is 0 Å². The highest BCUT2D eigenvalue weighted by Crippen LogP contribution is 2.33. The summed E-state index contributed by atoms with van der Waals surface area (Å²) in [5.41, 5.74) is 0.620. The molecule has 0 unspecified atom stereocenters. The summed E-state index contributed by atoms with van der Waals surface area (Å²) in [6, 6.07) is 11.0. The van der Waals surface area contributed by atoms with Crippen molar-refractivity contribution in [1.29, 1.82) is 0 Å². The number of alkyl halides is 3. The third-order valence-corrected chi connectivity index (χ3v) is 3.10. The zero-order chi connectivity index (χ0) is 15.0. The summed E-state index contributed by atoms with van der Waals surface area (Å²) in [5, 5.41) is 3.49. The fraction of sp³-hybridized carbons (Fsp3) is 0.0667. The summed E-state index contributed by atoms with van der Waals surface area (Å²) in [6.07, 6.45) is -4.36. The maximum absolute atomic E-state index is 12.5. The summed E-state index contributed by atoms with van der Waals surface area (Å²) in [7, 11) is 0. The number of halogens is 3. The molecule has 0 fully saturated rings. The average molecular weight is 291 g/mol. The fourth-order valence-corrected chi connectivity index (χ4v) is 2.05. The van der Waals surface area contributed by atoms with Crippen molar-refractivity contribution in [2.75, 3.05) is 0 Å². The van der Waals surface area contributed by atoms with E-state index >= 15 is 0 Å². The van der Waals surface area contributed by atoms with Gasteiger partial charge >= 0.3 is 6.18 Å². The first-order valence-corrected chi connectivity index (χ1v) is 6.02. The maximum atomic E-state index is 12.5. The summed E-state index contributed by atoms with van der Waals surface area (Å²) in [5.74, 6) is 0.432. The van der Waals surface area contributed by atoms with E-state index < -0.39 is 11.7 Å². The van der Waals surface area contributed by atoms with Gasteiger partial charge in [0.15, 0.2) is 0 Å². The Morgan fingerprint density at radius 2 is 1.67 bits per heavy atom. The molecule has 3 aromatic rings. The second kappa shape index (κ2) is 4.73. The lowest BCUT2D eigenvalue weighted by molar-refractivity contribution is -0.137. The normalized spacial score (nSPS) is 11.8. The molecule has 0 amide bonds. The van der Waals surface area contributed by atoms with Gasteiger partial charge in [0, 0.05) is 10.9 Å². The van der Waals surface area contributed by atoms with Crippen LogP contribution < -0.4 is 0 Å². The van der Waals surface area contributed by atoms with Crippen LogP contribution in [0.3, 0.4) is 0 Å². The van der Waals surface area contributed by atoms with Gasteiger partial charge in [-0.15, -0.1) is 4.91 Å². The quantitative estimate of drug-likeness (QED) is 0.584. The van der Waals surface area contributed by atoms with Crippen LogP contribution in [0.5, 0.6) is 0 Å². The Kier molecular flexibility index (Phi) is 3.01. The maximum Gasteiger partial charge on any atom is 0.416 e. The van der Waals surface area contributed by atoms with E-state index in [0.717, 1.165) is 12.1 Å². The lowest BCUT2D eigenvalue weighted by Gasteiger charge is -2.06. The van der Waals surface area contributed by atoms with E-state index in [2.05, 4.69) is 5.18 Å². The molecule has 21 heavy (non-hydrogen) atoms. The lowest BCUT2D eigenvalue weighted by Crippen LogP contribution is -2.03. The molecule has 0 atom stereocenters. The van der Waals surface area contributed by atoms with E-state index in [4.69, 9.17) is 4.42 Å². The van der Waals surface area contributed by atoms with Gasteiger partial charge in [0.05, 0.1) is 5.56 Å². The predicted molar refractivity (Wildman–Crippen MR) is 72.1 cm³/mol. The monoisotopic (exact) mass is 291 g/mol. The first-order valence-electron chi connectivity index (χ1n) is 6.02. The second-order valence-corrected chi connectivity index (χ2v) is 4.50. The Balaban J connectivity index is 2.02.